The van der Waals surface area contributed by atoms with Gasteiger partial charge in [-0.25, -0.2) is 9.97 Å². The van der Waals surface area contributed by atoms with E-state index in [0.717, 1.165) is 30.4 Å². The number of aromatic nitrogens is 2. The van der Waals surface area contributed by atoms with Crippen molar-refractivity contribution in [3.8, 4) is 11.5 Å². The smallest absolute Gasteiger partial charge is 0.433 e. The molecule has 0 amide bonds. The number of nitrogens with zero attached hydrogens (tertiary/aromatic N) is 2. The SMILES string of the molecule is FC(F)(F)c1ccnc(Sc2ccc3c(c2)OCCCO3)n1. The maximum atomic E-state index is 12.6. The molecule has 8 heteroatoms. The van der Waals surface area contributed by atoms with E-state index in [0.29, 0.717) is 29.6 Å². The lowest BCUT2D eigenvalue weighted by molar-refractivity contribution is -0.141. The summed E-state index contributed by atoms with van der Waals surface area (Å²) in [5.74, 6) is 1.21. The van der Waals surface area contributed by atoms with Crippen LogP contribution in [0.2, 0.25) is 0 Å². The van der Waals surface area contributed by atoms with Crippen molar-refractivity contribution in [3.05, 3.63) is 36.2 Å². The predicted octanol–water partition coefficient (Wildman–Crippen LogP) is 3.81. The van der Waals surface area contributed by atoms with Crippen LogP contribution in [0.5, 0.6) is 11.5 Å². The van der Waals surface area contributed by atoms with Crippen LogP contribution in [0.25, 0.3) is 0 Å². The first-order chi connectivity index (χ1) is 10.5. The van der Waals surface area contributed by atoms with Gasteiger partial charge >= 0.3 is 6.18 Å². The van der Waals surface area contributed by atoms with Crippen molar-refractivity contribution in [1.29, 1.82) is 0 Å². The molecular weight excluding hydrogens is 317 g/mol. The molecule has 0 saturated carbocycles. The highest BCUT2D eigenvalue weighted by atomic mass is 32.2. The average molecular weight is 328 g/mol. The molecule has 0 spiro atoms. The van der Waals surface area contributed by atoms with E-state index in [1.165, 1.54) is 0 Å². The summed E-state index contributed by atoms with van der Waals surface area (Å²) < 4.78 is 49.0. The first kappa shape index (κ1) is 15.0. The van der Waals surface area contributed by atoms with E-state index in [2.05, 4.69) is 9.97 Å². The van der Waals surface area contributed by atoms with Gasteiger partial charge in [-0.05, 0) is 36.0 Å². The molecule has 0 fully saturated rings. The lowest BCUT2D eigenvalue weighted by Crippen LogP contribution is -2.08. The van der Waals surface area contributed by atoms with Crippen LogP contribution >= 0.6 is 11.8 Å². The number of rotatable bonds is 2. The second-order valence-electron chi connectivity index (χ2n) is 4.48. The standard InChI is InChI=1S/C14H11F3N2O2S/c15-14(16,17)12-4-5-18-13(19-12)22-9-2-3-10-11(8-9)21-7-1-6-20-10/h2-5,8H,1,6-7H2. The summed E-state index contributed by atoms with van der Waals surface area (Å²) in [5.41, 5.74) is -0.959. The molecule has 2 heterocycles. The summed E-state index contributed by atoms with van der Waals surface area (Å²) >= 11 is 1.04. The molecule has 2 aromatic rings. The molecule has 0 aliphatic carbocycles. The van der Waals surface area contributed by atoms with E-state index >= 15 is 0 Å². The Bertz CT molecular complexity index is 679. The second kappa shape index (κ2) is 6.04. The molecule has 4 nitrogen and oxygen atoms in total. The monoisotopic (exact) mass is 328 g/mol. The zero-order valence-corrected chi connectivity index (χ0v) is 12.1. The normalized spacial score (nSPS) is 14.5. The summed E-state index contributed by atoms with van der Waals surface area (Å²) in [5, 5.41) is 0.0318. The van der Waals surface area contributed by atoms with Gasteiger partial charge in [-0.2, -0.15) is 13.2 Å². The van der Waals surface area contributed by atoms with Crippen LogP contribution in [0.3, 0.4) is 0 Å². The molecular formula is C14H11F3N2O2S. The number of hydrogen-bond acceptors (Lipinski definition) is 5. The maximum absolute atomic E-state index is 12.6. The fourth-order valence-corrected chi connectivity index (χ4v) is 2.63. The van der Waals surface area contributed by atoms with Crippen LogP contribution in [0.4, 0.5) is 13.2 Å². The lowest BCUT2D eigenvalue weighted by atomic mass is 10.3. The minimum atomic E-state index is -4.48. The van der Waals surface area contributed by atoms with Crippen molar-refractivity contribution in [2.45, 2.75) is 22.6 Å². The van der Waals surface area contributed by atoms with Gasteiger partial charge in [0.2, 0.25) is 0 Å². The highest BCUT2D eigenvalue weighted by Gasteiger charge is 2.32. The Kier molecular flexibility index (Phi) is 4.10. The molecule has 1 aliphatic rings. The van der Waals surface area contributed by atoms with Gasteiger partial charge in [0, 0.05) is 17.5 Å². The average Bonchev–Trinajstić information content (AvgIpc) is 2.71. The van der Waals surface area contributed by atoms with Crippen LogP contribution in [-0.4, -0.2) is 23.2 Å². The summed E-state index contributed by atoms with van der Waals surface area (Å²) in [4.78, 5) is 8.07. The van der Waals surface area contributed by atoms with Crippen LogP contribution in [0.1, 0.15) is 12.1 Å². The molecule has 0 N–H and O–H groups in total. The highest BCUT2D eigenvalue weighted by molar-refractivity contribution is 7.99. The molecule has 0 atom stereocenters. The van der Waals surface area contributed by atoms with Gasteiger partial charge in [-0.3, -0.25) is 0 Å². The van der Waals surface area contributed by atoms with E-state index in [9.17, 15) is 13.2 Å². The zero-order chi connectivity index (χ0) is 15.6. The molecule has 1 aliphatic heterocycles. The number of benzene rings is 1. The third-order valence-electron chi connectivity index (χ3n) is 2.85. The summed E-state index contributed by atoms with van der Waals surface area (Å²) in [6, 6.07) is 6.03. The van der Waals surface area contributed by atoms with Crippen molar-refractivity contribution in [2.75, 3.05) is 13.2 Å². The van der Waals surface area contributed by atoms with Gasteiger partial charge in [0.15, 0.2) is 16.7 Å². The van der Waals surface area contributed by atoms with Crippen molar-refractivity contribution < 1.29 is 22.6 Å². The number of hydrogen-bond donors (Lipinski definition) is 0. The quantitative estimate of drug-likeness (QED) is 0.785. The molecule has 1 aromatic heterocycles. The Labute approximate surface area is 128 Å². The largest absolute Gasteiger partial charge is 0.490 e. The third-order valence-corrected chi connectivity index (χ3v) is 3.72. The zero-order valence-electron chi connectivity index (χ0n) is 11.3. The minimum Gasteiger partial charge on any atom is -0.490 e. The molecule has 0 unspecified atom stereocenters. The molecule has 0 saturated heterocycles. The molecule has 0 bridgehead atoms. The first-order valence-electron chi connectivity index (χ1n) is 6.50. The predicted molar refractivity (Wildman–Crippen MR) is 73.2 cm³/mol. The van der Waals surface area contributed by atoms with Gasteiger partial charge in [0.1, 0.15) is 5.69 Å². The van der Waals surface area contributed by atoms with Crippen LogP contribution in [-0.2, 0) is 6.18 Å². The van der Waals surface area contributed by atoms with Crippen molar-refractivity contribution in [1.82, 2.24) is 9.97 Å². The summed E-state index contributed by atoms with van der Waals surface area (Å²) in [6.07, 6.45) is -2.60. The number of alkyl halides is 3. The number of ether oxygens (including phenoxy) is 2. The molecule has 1 aromatic carbocycles. The Morgan fingerprint density at radius 1 is 1.05 bits per heavy atom. The number of fused-ring (bicyclic) bond motifs is 1. The van der Waals surface area contributed by atoms with Crippen LogP contribution < -0.4 is 9.47 Å². The molecule has 22 heavy (non-hydrogen) atoms. The topological polar surface area (TPSA) is 44.2 Å². The molecule has 3 rings (SSSR count). The van der Waals surface area contributed by atoms with E-state index in [1.54, 1.807) is 18.2 Å². The van der Waals surface area contributed by atoms with Gasteiger partial charge in [-0.15, -0.1) is 0 Å². The van der Waals surface area contributed by atoms with Gasteiger partial charge < -0.3 is 9.47 Å². The van der Waals surface area contributed by atoms with Gasteiger partial charge in [0.25, 0.3) is 0 Å². The van der Waals surface area contributed by atoms with E-state index in [-0.39, 0.29) is 5.16 Å². The van der Waals surface area contributed by atoms with E-state index in [1.807, 2.05) is 0 Å². The van der Waals surface area contributed by atoms with Crippen LogP contribution in [0.15, 0.2) is 40.5 Å². The summed E-state index contributed by atoms with van der Waals surface area (Å²) in [7, 11) is 0. The fourth-order valence-electron chi connectivity index (χ4n) is 1.86. The molecule has 116 valence electrons. The number of halogens is 3. The van der Waals surface area contributed by atoms with Crippen molar-refractivity contribution in [2.24, 2.45) is 0 Å². The van der Waals surface area contributed by atoms with Crippen molar-refractivity contribution in [3.63, 3.8) is 0 Å². The molecule has 0 radical (unpaired) electrons. The maximum Gasteiger partial charge on any atom is 0.433 e. The first-order valence-corrected chi connectivity index (χ1v) is 7.32. The van der Waals surface area contributed by atoms with Gasteiger partial charge in [-0.1, -0.05) is 0 Å². The Hall–Kier alpha value is -1.96. The fraction of sp³-hybridized carbons (Fsp3) is 0.286. The van der Waals surface area contributed by atoms with Crippen molar-refractivity contribution >= 4 is 11.8 Å². The van der Waals surface area contributed by atoms with Gasteiger partial charge in [0.05, 0.1) is 13.2 Å². The third kappa shape index (κ3) is 3.44. The summed E-state index contributed by atoms with van der Waals surface area (Å²) in [6.45, 7) is 1.12. The Morgan fingerprint density at radius 3 is 2.59 bits per heavy atom. The van der Waals surface area contributed by atoms with E-state index < -0.39 is 11.9 Å². The second-order valence-corrected chi connectivity index (χ2v) is 5.52. The Morgan fingerprint density at radius 2 is 1.82 bits per heavy atom. The lowest BCUT2D eigenvalue weighted by Gasteiger charge is -2.09. The Balaban J connectivity index is 1.83. The van der Waals surface area contributed by atoms with E-state index in [4.69, 9.17) is 9.47 Å². The highest BCUT2D eigenvalue weighted by Crippen LogP contribution is 2.36. The minimum absolute atomic E-state index is 0.0318. The van der Waals surface area contributed by atoms with Crippen LogP contribution in [0, 0.1) is 0 Å².